The van der Waals surface area contributed by atoms with Crippen molar-refractivity contribution < 1.29 is 36.0 Å². The number of piperazine rings is 1. The van der Waals surface area contributed by atoms with E-state index >= 15 is 0 Å². The van der Waals surface area contributed by atoms with Crippen LogP contribution in [-0.4, -0.2) is 61.0 Å². The lowest BCUT2D eigenvalue weighted by Gasteiger charge is -2.35. The van der Waals surface area contributed by atoms with Gasteiger partial charge in [-0.05, 0) is 36.2 Å². The highest BCUT2D eigenvalue weighted by Crippen LogP contribution is 2.22. The van der Waals surface area contributed by atoms with Gasteiger partial charge in [-0.1, -0.05) is 6.07 Å². The molecular weight excluding hydrogens is 454 g/mol. The SMILES string of the molecule is O=C(CCc1ccc(F)c(F)c1)N(O)CS(=O)(=O)N1CCN(c2ccc(F)cc2F)CC1. The van der Waals surface area contributed by atoms with E-state index in [2.05, 4.69) is 0 Å². The molecule has 1 heterocycles. The average Bonchev–Trinajstić information content (AvgIpc) is 2.74. The lowest BCUT2D eigenvalue weighted by atomic mass is 10.1. The van der Waals surface area contributed by atoms with Crippen LogP contribution in [0.2, 0.25) is 0 Å². The van der Waals surface area contributed by atoms with Gasteiger partial charge in [0.05, 0.1) is 5.69 Å². The van der Waals surface area contributed by atoms with Gasteiger partial charge in [0.15, 0.2) is 17.5 Å². The van der Waals surface area contributed by atoms with E-state index in [1.54, 1.807) is 4.90 Å². The Hall–Kier alpha value is -2.70. The average molecular weight is 475 g/mol. The highest BCUT2D eigenvalue weighted by molar-refractivity contribution is 7.89. The maximum Gasteiger partial charge on any atom is 0.247 e. The maximum absolute atomic E-state index is 13.9. The standard InChI is InChI=1S/C20H21F4N3O4S/c21-15-3-5-19(18(24)12-15)25-7-9-26(10-8-25)32(30,31)13-27(29)20(28)6-2-14-1-4-16(22)17(23)11-14/h1,3-5,11-12,29H,2,6-10,13H2. The maximum atomic E-state index is 13.9. The van der Waals surface area contributed by atoms with Crippen molar-refractivity contribution in [1.82, 2.24) is 9.37 Å². The molecule has 32 heavy (non-hydrogen) atoms. The summed E-state index contributed by atoms with van der Waals surface area (Å²) >= 11 is 0. The van der Waals surface area contributed by atoms with Gasteiger partial charge < -0.3 is 4.90 Å². The number of carbonyl (C=O) groups excluding carboxylic acids is 1. The number of nitrogens with zero attached hydrogens (tertiary/aromatic N) is 3. The molecule has 2 aromatic carbocycles. The van der Waals surface area contributed by atoms with Crippen molar-refractivity contribution in [3.8, 4) is 0 Å². The molecule has 1 N–H and O–H groups in total. The Bertz CT molecular complexity index is 1090. The molecule has 0 unspecified atom stereocenters. The van der Waals surface area contributed by atoms with Crippen LogP contribution in [0.15, 0.2) is 36.4 Å². The predicted molar refractivity (Wildman–Crippen MR) is 107 cm³/mol. The first-order valence-electron chi connectivity index (χ1n) is 9.68. The van der Waals surface area contributed by atoms with Crippen LogP contribution in [0, 0.1) is 23.3 Å². The number of hydrogen-bond acceptors (Lipinski definition) is 5. The second-order valence-electron chi connectivity index (χ2n) is 7.26. The fourth-order valence-electron chi connectivity index (χ4n) is 3.33. The van der Waals surface area contributed by atoms with Crippen molar-refractivity contribution in [1.29, 1.82) is 0 Å². The van der Waals surface area contributed by atoms with Gasteiger partial charge in [-0.15, -0.1) is 0 Å². The lowest BCUT2D eigenvalue weighted by Crippen LogP contribution is -2.51. The van der Waals surface area contributed by atoms with Crippen LogP contribution in [0.3, 0.4) is 0 Å². The molecule has 0 aromatic heterocycles. The van der Waals surface area contributed by atoms with Crippen molar-refractivity contribution >= 4 is 21.6 Å². The van der Waals surface area contributed by atoms with Gasteiger partial charge in [-0.3, -0.25) is 10.0 Å². The number of hydrogen-bond donors (Lipinski definition) is 1. The topological polar surface area (TPSA) is 81.2 Å². The third kappa shape index (κ3) is 5.75. The Morgan fingerprint density at radius 1 is 0.938 bits per heavy atom. The Labute approximate surface area is 182 Å². The largest absolute Gasteiger partial charge is 0.367 e. The van der Waals surface area contributed by atoms with Crippen LogP contribution >= 0.6 is 0 Å². The summed E-state index contributed by atoms with van der Waals surface area (Å²) in [5.74, 6) is -5.45. The van der Waals surface area contributed by atoms with Gasteiger partial charge >= 0.3 is 0 Å². The molecule has 7 nitrogen and oxygen atoms in total. The van der Waals surface area contributed by atoms with Gasteiger partial charge in [0.25, 0.3) is 0 Å². The van der Waals surface area contributed by atoms with Crippen LogP contribution in [-0.2, 0) is 21.2 Å². The summed E-state index contributed by atoms with van der Waals surface area (Å²) in [6, 6.07) is 6.24. The van der Waals surface area contributed by atoms with Crippen molar-refractivity contribution in [3.63, 3.8) is 0 Å². The third-order valence-electron chi connectivity index (χ3n) is 5.07. The van der Waals surface area contributed by atoms with Crippen LogP contribution in [0.25, 0.3) is 0 Å². The summed E-state index contributed by atoms with van der Waals surface area (Å²) in [7, 11) is -4.05. The lowest BCUT2D eigenvalue weighted by molar-refractivity contribution is -0.161. The van der Waals surface area contributed by atoms with E-state index in [1.807, 2.05) is 0 Å². The molecule has 1 aliphatic rings. The van der Waals surface area contributed by atoms with E-state index in [-0.39, 0.29) is 49.8 Å². The van der Waals surface area contributed by atoms with Crippen molar-refractivity contribution in [2.45, 2.75) is 12.8 Å². The minimum atomic E-state index is -4.05. The quantitative estimate of drug-likeness (QED) is 0.378. The van der Waals surface area contributed by atoms with Gasteiger partial charge in [0.2, 0.25) is 15.9 Å². The Morgan fingerprint density at radius 3 is 2.25 bits per heavy atom. The number of amides is 1. The van der Waals surface area contributed by atoms with Gasteiger partial charge in [0, 0.05) is 38.7 Å². The summed E-state index contributed by atoms with van der Waals surface area (Å²) in [6.45, 7) is 0.237. The van der Waals surface area contributed by atoms with Gasteiger partial charge in [-0.2, -0.15) is 4.31 Å². The monoisotopic (exact) mass is 475 g/mol. The van der Waals surface area contributed by atoms with E-state index in [0.29, 0.717) is 5.56 Å². The molecule has 1 amide bonds. The molecular formula is C20H21F4N3O4S. The molecule has 2 aromatic rings. The molecule has 1 saturated heterocycles. The first-order chi connectivity index (χ1) is 15.1. The summed E-state index contributed by atoms with van der Waals surface area (Å²) in [5.41, 5.74) is 0.470. The van der Waals surface area contributed by atoms with E-state index in [0.717, 1.165) is 28.6 Å². The first-order valence-corrected chi connectivity index (χ1v) is 11.3. The number of anilines is 1. The zero-order valence-corrected chi connectivity index (χ0v) is 17.7. The fourth-order valence-corrected chi connectivity index (χ4v) is 4.66. The number of aryl methyl sites for hydroxylation is 1. The van der Waals surface area contributed by atoms with E-state index in [1.165, 1.54) is 12.1 Å². The zero-order chi connectivity index (χ0) is 23.5. The molecule has 3 rings (SSSR count). The van der Waals surface area contributed by atoms with Crippen LogP contribution in [0.1, 0.15) is 12.0 Å². The van der Waals surface area contributed by atoms with Crippen LogP contribution < -0.4 is 4.90 Å². The summed E-state index contributed by atoms with van der Waals surface area (Å²) in [5, 5.41) is 9.97. The van der Waals surface area contributed by atoms with Crippen LogP contribution in [0.4, 0.5) is 23.2 Å². The number of benzene rings is 2. The molecule has 174 valence electrons. The number of hydroxylamine groups is 2. The second kappa shape index (κ2) is 9.84. The van der Waals surface area contributed by atoms with Crippen molar-refractivity contribution in [3.05, 3.63) is 65.2 Å². The van der Waals surface area contributed by atoms with E-state index in [4.69, 9.17) is 0 Å². The molecule has 0 radical (unpaired) electrons. The number of halogens is 4. The third-order valence-corrected chi connectivity index (χ3v) is 6.79. The molecule has 1 fully saturated rings. The minimum absolute atomic E-state index is 0.0178. The van der Waals surface area contributed by atoms with Crippen LogP contribution in [0.5, 0.6) is 0 Å². The van der Waals surface area contributed by atoms with Gasteiger partial charge in [-0.25, -0.2) is 31.0 Å². The minimum Gasteiger partial charge on any atom is -0.367 e. The summed E-state index contributed by atoms with van der Waals surface area (Å²) < 4.78 is 79.3. The molecule has 12 heteroatoms. The fraction of sp³-hybridized carbons (Fsp3) is 0.350. The number of carbonyl (C=O) groups is 1. The van der Waals surface area contributed by atoms with E-state index in [9.17, 15) is 36.0 Å². The normalized spacial score (nSPS) is 15.1. The number of rotatable bonds is 7. The molecule has 0 atom stereocenters. The highest BCUT2D eigenvalue weighted by Gasteiger charge is 2.30. The molecule has 0 spiro atoms. The molecule has 0 saturated carbocycles. The number of sulfonamides is 1. The molecule has 0 bridgehead atoms. The summed E-state index contributed by atoms with van der Waals surface area (Å²) in [6.07, 6.45) is -0.330. The molecule has 0 aliphatic carbocycles. The predicted octanol–water partition coefficient (Wildman–Crippen LogP) is 2.50. The van der Waals surface area contributed by atoms with Gasteiger partial charge in [0.1, 0.15) is 11.6 Å². The smallest absolute Gasteiger partial charge is 0.247 e. The molecule has 1 aliphatic heterocycles. The Balaban J connectivity index is 1.52. The highest BCUT2D eigenvalue weighted by atomic mass is 32.2. The zero-order valence-electron chi connectivity index (χ0n) is 16.8. The second-order valence-corrected chi connectivity index (χ2v) is 9.20. The van der Waals surface area contributed by atoms with E-state index < -0.39 is 45.1 Å². The Morgan fingerprint density at radius 2 is 1.62 bits per heavy atom. The van der Waals surface area contributed by atoms with Crippen molar-refractivity contribution in [2.75, 3.05) is 37.0 Å². The summed E-state index contributed by atoms with van der Waals surface area (Å²) in [4.78, 5) is 13.6. The first kappa shape index (κ1) is 24.0. The Kier molecular flexibility index (Phi) is 7.36. The van der Waals surface area contributed by atoms with Crippen molar-refractivity contribution in [2.24, 2.45) is 0 Å².